The summed E-state index contributed by atoms with van der Waals surface area (Å²) in [6.07, 6.45) is -0.982. The summed E-state index contributed by atoms with van der Waals surface area (Å²) >= 11 is 0. The van der Waals surface area contributed by atoms with Gasteiger partial charge in [0, 0.05) is 24.9 Å². The first kappa shape index (κ1) is 22.8. The van der Waals surface area contributed by atoms with Crippen LogP contribution in [-0.4, -0.2) is 26.8 Å². The van der Waals surface area contributed by atoms with Crippen molar-refractivity contribution >= 4 is 11.7 Å². The summed E-state index contributed by atoms with van der Waals surface area (Å²) in [4.78, 5) is 17.1. The number of nitrogens with zero attached hydrogens (tertiary/aromatic N) is 3. The molecule has 1 aliphatic heterocycles. The number of hydrogen-bond donors (Lipinski definition) is 2. The maximum Gasteiger partial charge on any atom is 0.410 e. The van der Waals surface area contributed by atoms with E-state index in [1.807, 2.05) is 51.1 Å². The Kier molecular flexibility index (Phi) is 6.14. The van der Waals surface area contributed by atoms with Gasteiger partial charge in [-0.3, -0.25) is 9.78 Å². The maximum absolute atomic E-state index is 13.9. The van der Waals surface area contributed by atoms with E-state index in [-0.39, 0.29) is 24.3 Å². The lowest BCUT2D eigenvalue weighted by Gasteiger charge is -2.34. The van der Waals surface area contributed by atoms with Crippen molar-refractivity contribution in [2.24, 2.45) is 0 Å². The number of alkyl halides is 3. The van der Waals surface area contributed by atoms with Crippen molar-refractivity contribution < 1.29 is 18.0 Å². The van der Waals surface area contributed by atoms with E-state index in [4.69, 9.17) is 0 Å². The summed E-state index contributed by atoms with van der Waals surface area (Å²) in [6.45, 7) is 6.03. The average molecular weight is 458 g/mol. The van der Waals surface area contributed by atoms with E-state index in [1.165, 1.54) is 6.20 Å². The molecule has 0 aliphatic carbocycles. The number of carbonyl (C=O) groups excluding carboxylic acids is 1. The van der Waals surface area contributed by atoms with Gasteiger partial charge < -0.3 is 10.6 Å². The minimum absolute atomic E-state index is 0.0735. The molecule has 9 heteroatoms. The van der Waals surface area contributed by atoms with Gasteiger partial charge in [-0.15, -0.1) is 0 Å². The number of aromatic nitrogens is 3. The fraction of sp³-hybridized carbons (Fsp3) is 0.375. The second kappa shape index (κ2) is 8.88. The fourth-order valence-electron chi connectivity index (χ4n) is 4.11. The van der Waals surface area contributed by atoms with Gasteiger partial charge in [-0.05, 0) is 48.6 Å². The highest BCUT2D eigenvalue weighted by Gasteiger charge is 2.47. The van der Waals surface area contributed by atoms with E-state index >= 15 is 0 Å². The number of benzene rings is 1. The van der Waals surface area contributed by atoms with Gasteiger partial charge in [-0.25, -0.2) is 4.68 Å². The highest BCUT2D eigenvalue weighted by atomic mass is 19.4. The monoisotopic (exact) mass is 457 g/mol. The third kappa shape index (κ3) is 4.72. The van der Waals surface area contributed by atoms with E-state index < -0.39 is 24.2 Å². The van der Waals surface area contributed by atoms with Crippen LogP contribution >= 0.6 is 0 Å². The summed E-state index contributed by atoms with van der Waals surface area (Å²) in [5.41, 5.74) is 4.61. The Morgan fingerprint density at radius 2 is 1.94 bits per heavy atom. The highest BCUT2D eigenvalue weighted by molar-refractivity contribution is 5.98. The van der Waals surface area contributed by atoms with Crippen LogP contribution in [-0.2, 0) is 13.0 Å². The number of nitrogens with one attached hydrogen (secondary N) is 2. The summed E-state index contributed by atoms with van der Waals surface area (Å²) in [7, 11) is 0. The molecule has 1 aliphatic rings. The molecule has 174 valence electrons. The van der Waals surface area contributed by atoms with Crippen molar-refractivity contribution in [3.63, 3.8) is 0 Å². The molecule has 0 bridgehead atoms. The molecule has 2 N–H and O–H groups in total. The van der Waals surface area contributed by atoms with E-state index in [9.17, 15) is 18.0 Å². The maximum atomic E-state index is 13.9. The quantitative estimate of drug-likeness (QED) is 0.563. The number of amides is 1. The second-order valence-corrected chi connectivity index (χ2v) is 8.37. The predicted octanol–water partition coefficient (Wildman–Crippen LogP) is 5.05. The zero-order chi connectivity index (χ0) is 23.8. The molecule has 4 rings (SSSR count). The Morgan fingerprint density at radius 3 is 2.58 bits per heavy atom. The van der Waals surface area contributed by atoms with Crippen molar-refractivity contribution in [3.05, 3.63) is 76.2 Å². The van der Waals surface area contributed by atoms with Crippen LogP contribution in [0.3, 0.4) is 0 Å². The Morgan fingerprint density at radius 1 is 1.21 bits per heavy atom. The molecule has 3 heterocycles. The molecule has 0 unspecified atom stereocenters. The lowest BCUT2D eigenvalue weighted by molar-refractivity contribution is -0.173. The molecular formula is C24H26F3N5O. The minimum Gasteiger partial charge on any atom is -0.363 e. The van der Waals surface area contributed by atoms with Crippen LogP contribution in [0, 0.1) is 13.8 Å². The van der Waals surface area contributed by atoms with Gasteiger partial charge in [0.05, 0.1) is 12.2 Å². The first-order chi connectivity index (χ1) is 15.7. The number of pyridine rings is 1. The Bertz CT molecular complexity index is 1150. The number of anilines is 1. The molecule has 6 nitrogen and oxygen atoms in total. The summed E-state index contributed by atoms with van der Waals surface area (Å²) in [5.74, 6) is -0.420. The molecule has 0 saturated heterocycles. The van der Waals surface area contributed by atoms with Gasteiger partial charge in [0.1, 0.15) is 11.4 Å². The summed E-state index contributed by atoms with van der Waals surface area (Å²) < 4.78 is 42.5. The molecule has 0 fully saturated rings. The molecule has 33 heavy (non-hydrogen) atoms. The van der Waals surface area contributed by atoms with E-state index in [1.54, 1.807) is 6.20 Å². The predicted molar refractivity (Wildman–Crippen MR) is 119 cm³/mol. The molecule has 3 aromatic rings. The third-order valence-corrected chi connectivity index (χ3v) is 6.07. The largest absolute Gasteiger partial charge is 0.410 e. The second-order valence-electron chi connectivity index (χ2n) is 8.37. The lowest BCUT2D eigenvalue weighted by Crippen LogP contribution is -2.36. The van der Waals surface area contributed by atoms with Crippen molar-refractivity contribution in [1.82, 2.24) is 20.1 Å². The SMILES string of the molecule is CCc1ccc([C@@H]2C[C@H](C(F)(F)F)n3ncc(C(=O)NCc4cnc(C)cc4C)c3N2)cc1. The van der Waals surface area contributed by atoms with Crippen molar-refractivity contribution in [2.75, 3.05) is 5.32 Å². The van der Waals surface area contributed by atoms with Gasteiger partial charge in [0.15, 0.2) is 6.04 Å². The van der Waals surface area contributed by atoms with E-state index in [0.717, 1.165) is 39.1 Å². The van der Waals surface area contributed by atoms with Gasteiger partial charge in [-0.2, -0.15) is 18.3 Å². The third-order valence-electron chi connectivity index (χ3n) is 6.07. The zero-order valence-electron chi connectivity index (χ0n) is 18.7. The smallest absolute Gasteiger partial charge is 0.363 e. The number of hydrogen-bond acceptors (Lipinski definition) is 4. The molecule has 2 atom stereocenters. The Balaban J connectivity index is 1.60. The number of carbonyl (C=O) groups is 1. The van der Waals surface area contributed by atoms with Gasteiger partial charge in [0.2, 0.25) is 0 Å². The zero-order valence-corrected chi connectivity index (χ0v) is 18.7. The fourth-order valence-corrected chi connectivity index (χ4v) is 4.11. The highest BCUT2D eigenvalue weighted by Crippen LogP contribution is 2.44. The average Bonchev–Trinajstić information content (AvgIpc) is 3.21. The minimum atomic E-state index is -4.50. The van der Waals surface area contributed by atoms with Gasteiger partial charge >= 0.3 is 6.18 Å². The summed E-state index contributed by atoms with van der Waals surface area (Å²) in [5, 5.41) is 9.83. The standard InChI is InChI=1S/C24H26F3N5O/c1-4-16-5-7-17(8-6-16)20-10-21(24(25,26)27)32-22(31-20)19(13-30-32)23(33)29-12-18-11-28-15(3)9-14(18)2/h5-9,11,13,20-21,31H,4,10,12H2,1-3H3,(H,29,33)/t20-,21+/m0/s1. The lowest BCUT2D eigenvalue weighted by atomic mass is 9.95. The normalized spacial score (nSPS) is 17.9. The van der Waals surface area contributed by atoms with Gasteiger partial charge in [0.25, 0.3) is 5.91 Å². The van der Waals surface area contributed by atoms with E-state index in [2.05, 4.69) is 20.7 Å². The topological polar surface area (TPSA) is 71.8 Å². The van der Waals surface area contributed by atoms with Crippen LogP contribution < -0.4 is 10.6 Å². The Labute approximate surface area is 190 Å². The van der Waals surface area contributed by atoms with E-state index in [0.29, 0.717) is 0 Å². The molecule has 1 amide bonds. The Hall–Kier alpha value is -3.36. The molecule has 2 aromatic heterocycles. The van der Waals surface area contributed by atoms with Crippen LogP contribution in [0.4, 0.5) is 19.0 Å². The summed E-state index contributed by atoms with van der Waals surface area (Å²) in [6, 6.07) is 6.99. The first-order valence-electron chi connectivity index (χ1n) is 10.9. The number of halogens is 3. The van der Waals surface area contributed by atoms with Crippen LogP contribution in [0.2, 0.25) is 0 Å². The number of fused-ring (bicyclic) bond motifs is 1. The van der Waals surface area contributed by atoms with Crippen molar-refractivity contribution in [3.8, 4) is 0 Å². The molecule has 0 saturated carbocycles. The van der Waals surface area contributed by atoms with Crippen LogP contribution in [0.15, 0.2) is 42.7 Å². The molecule has 0 spiro atoms. The van der Waals surface area contributed by atoms with Crippen LogP contribution in [0.25, 0.3) is 0 Å². The molecular weight excluding hydrogens is 431 g/mol. The van der Waals surface area contributed by atoms with Crippen LogP contribution in [0.5, 0.6) is 0 Å². The molecule has 1 aromatic carbocycles. The van der Waals surface area contributed by atoms with Crippen molar-refractivity contribution in [1.29, 1.82) is 0 Å². The van der Waals surface area contributed by atoms with Crippen molar-refractivity contribution in [2.45, 2.75) is 58.4 Å². The molecule has 0 radical (unpaired) electrons. The number of aryl methyl sites for hydroxylation is 3. The first-order valence-corrected chi connectivity index (χ1v) is 10.9. The number of rotatable bonds is 5. The van der Waals surface area contributed by atoms with Gasteiger partial charge in [-0.1, -0.05) is 31.2 Å². The van der Waals surface area contributed by atoms with Crippen LogP contribution in [0.1, 0.15) is 63.7 Å².